The van der Waals surface area contributed by atoms with Crippen LogP contribution in [0.5, 0.6) is 11.5 Å². The zero-order chi connectivity index (χ0) is 18.6. The molecule has 1 N–H and O–H groups in total. The molecule has 0 unspecified atom stereocenters. The Labute approximate surface area is 154 Å². The summed E-state index contributed by atoms with van der Waals surface area (Å²) in [5, 5.41) is 3.58. The highest BCUT2D eigenvalue weighted by Gasteiger charge is 2.15. The molecule has 0 saturated carbocycles. The number of nitrogens with one attached hydrogen (secondary N) is 1. The maximum atomic E-state index is 12.1. The van der Waals surface area contributed by atoms with E-state index in [1.807, 2.05) is 18.2 Å². The summed E-state index contributed by atoms with van der Waals surface area (Å²) in [4.78, 5) is 28.4. The summed E-state index contributed by atoms with van der Waals surface area (Å²) in [6.45, 7) is 0.542. The van der Waals surface area contributed by atoms with Gasteiger partial charge in [0.25, 0.3) is 5.91 Å². The molecule has 27 heavy (non-hydrogen) atoms. The first-order valence-corrected chi connectivity index (χ1v) is 8.41. The van der Waals surface area contributed by atoms with E-state index < -0.39 is 18.5 Å². The van der Waals surface area contributed by atoms with Crippen molar-refractivity contribution in [1.82, 2.24) is 4.98 Å². The molecule has 7 nitrogen and oxygen atoms in total. The summed E-state index contributed by atoms with van der Waals surface area (Å²) in [5.41, 5.74) is 1.37. The molecule has 3 aromatic rings. The van der Waals surface area contributed by atoms with Crippen molar-refractivity contribution in [3.63, 3.8) is 0 Å². The van der Waals surface area contributed by atoms with Crippen LogP contribution in [-0.2, 0) is 9.53 Å². The molecule has 1 amide bonds. The molecule has 0 saturated heterocycles. The van der Waals surface area contributed by atoms with Crippen molar-refractivity contribution in [1.29, 1.82) is 0 Å². The summed E-state index contributed by atoms with van der Waals surface area (Å²) in [5.74, 6) is 0.0864. The Kier molecular flexibility index (Phi) is 4.57. The zero-order valence-electron chi connectivity index (χ0n) is 14.3. The van der Waals surface area contributed by atoms with Crippen LogP contribution < -0.4 is 14.8 Å². The Bertz CT molecular complexity index is 1020. The third kappa shape index (κ3) is 3.82. The van der Waals surface area contributed by atoms with Gasteiger partial charge in [0.2, 0.25) is 0 Å². The number of amides is 1. The number of rotatable bonds is 4. The molecule has 0 fully saturated rings. The Morgan fingerprint density at radius 2 is 1.81 bits per heavy atom. The fraction of sp³-hybridized carbons (Fsp3) is 0.150. The number of esters is 1. The summed E-state index contributed by atoms with van der Waals surface area (Å²) in [6, 6.07) is 15.9. The number of carbonyl (C=O) groups is 2. The van der Waals surface area contributed by atoms with E-state index in [4.69, 9.17) is 14.2 Å². The van der Waals surface area contributed by atoms with E-state index in [2.05, 4.69) is 10.3 Å². The topological polar surface area (TPSA) is 86.8 Å². The van der Waals surface area contributed by atoms with Crippen LogP contribution in [-0.4, -0.2) is 36.7 Å². The number of benzene rings is 2. The van der Waals surface area contributed by atoms with Crippen LogP contribution in [0.4, 0.5) is 5.69 Å². The van der Waals surface area contributed by atoms with Crippen LogP contribution in [0.25, 0.3) is 10.9 Å². The lowest BCUT2D eigenvalue weighted by atomic mass is 10.2. The quantitative estimate of drug-likeness (QED) is 0.717. The van der Waals surface area contributed by atoms with Crippen LogP contribution in [0.1, 0.15) is 10.5 Å². The van der Waals surface area contributed by atoms with Gasteiger partial charge in [-0.25, -0.2) is 9.78 Å². The fourth-order valence-corrected chi connectivity index (χ4v) is 2.70. The van der Waals surface area contributed by atoms with Crippen molar-refractivity contribution < 1.29 is 23.8 Å². The van der Waals surface area contributed by atoms with Crippen LogP contribution in [0, 0.1) is 0 Å². The average Bonchev–Trinajstić information content (AvgIpc) is 2.71. The number of pyridine rings is 1. The SMILES string of the molecule is O=C(COC(=O)c1ccc2ccccc2n1)Nc1ccc2c(c1)OCCO2. The number of anilines is 1. The van der Waals surface area contributed by atoms with Crippen LogP contribution in [0.2, 0.25) is 0 Å². The number of fused-ring (bicyclic) bond motifs is 2. The first-order chi connectivity index (χ1) is 13.2. The summed E-state index contributed by atoms with van der Waals surface area (Å²) in [7, 11) is 0. The molecule has 0 bridgehead atoms. The highest BCUT2D eigenvalue weighted by molar-refractivity contribution is 5.96. The highest BCUT2D eigenvalue weighted by Crippen LogP contribution is 2.32. The lowest BCUT2D eigenvalue weighted by molar-refractivity contribution is -0.119. The van der Waals surface area contributed by atoms with Crippen molar-refractivity contribution in [3.8, 4) is 11.5 Å². The first kappa shape index (κ1) is 16.8. The van der Waals surface area contributed by atoms with E-state index in [-0.39, 0.29) is 5.69 Å². The molecule has 1 aliphatic heterocycles. The molecule has 7 heteroatoms. The van der Waals surface area contributed by atoms with Gasteiger partial charge in [-0.2, -0.15) is 0 Å². The normalized spacial score (nSPS) is 12.4. The molecular weight excluding hydrogens is 348 g/mol. The Morgan fingerprint density at radius 1 is 1.00 bits per heavy atom. The monoisotopic (exact) mass is 364 g/mol. The number of aromatic nitrogens is 1. The third-order valence-electron chi connectivity index (χ3n) is 3.97. The minimum atomic E-state index is -0.655. The van der Waals surface area contributed by atoms with E-state index in [0.717, 1.165) is 5.39 Å². The van der Waals surface area contributed by atoms with Gasteiger partial charge in [-0.15, -0.1) is 0 Å². The number of hydrogen-bond donors (Lipinski definition) is 1. The third-order valence-corrected chi connectivity index (χ3v) is 3.97. The fourth-order valence-electron chi connectivity index (χ4n) is 2.70. The molecule has 1 aromatic heterocycles. The van der Waals surface area contributed by atoms with Gasteiger partial charge in [0.1, 0.15) is 18.9 Å². The number of carbonyl (C=O) groups excluding carboxylic acids is 2. The molecule has 136 valence electrons. The summed E-state index contributed by atoms with van der Waals surface area (Å²) >= 11 is 0. The molecule has 0 spiro atoms. The van der Waals surface area contributed by atoms with Gasteiger partial charge < -0.3 is 19.5 Å². The smallest absolute Gasteiger partial charge is 0.357 e. The minimum absolute atomic E-state index is 0.154. The first-order valence-electron chi connectivity index (χ1n) is 8.41. The second-order valence-corrected chi connectivity index (χ2v) is 5.87. The van der Waals surface area contributed by atoms with Gasteiger partial charge >= 0.3 is 5.97 Å². The Balaban J connectivity index is 1.36. The van der Waals surface area contributed by atoms with Gasteiger partial charge in [0.15, 0.2) is 18.1 Å². The molecule has 0 atom stereocenters. The lowest BCUT2D eigenvalue weighted by Crippen LogP contribution is -2.21. The minimum Gasteiger partial charge on any atom is -0.486 e. The van der Waals surface area contributed by atoms with Gasteiger partial charge in [0.05, 0.1) is 5.52 Å². The summed E-state index contributed by atoms with van der Waals surface area (Å²) in [6.07, 6.45) is 0. The number of nitrogens with zero attached hydrogens (tertiary/aromatic N) is 1. The van der Waals surface area contributed by atoms with E-state index in [1.165, 1.54) is 0 Å². The maximum Gasteiger partial charge on any atom is 0.357 e. The van der Waals surface area contributed by atoms with E-state index in [1.54, 1.807) is 36.4 Å². The van der Waals surface area contributed by atoms with E-state index in [0.29, 0.717) is 35.9 Å². The summed E-state index contributed by atoms with van der Waals surface area (Å²) < 4.78 is 15.9. The standard InChI is InChI=1S/C20H16N2O5/c23-19(21-14-6-8-17-18(11-14)26-10-9-25-17)12-27-20(24)16-7-5-13-3-1-2-4-15(13)22-16/h1-8,11H,9-10,12H2,(H,21,23). The Morgan fingerprint density at radius 3 is 2.70 bits per heavy atom. The van der Waals surface area contributed by atoms with Gasteiger partial charge in [0, 0.05) is 17.1 Å². The molecule has 2 heterocycles. The number of hydrogen-bond acceptors (Lipinski definition) is 6. The maximum absolute atomic E-state index is 12.1. The van der Waals surface area contributed by atoms with Crippen molar-refractivity contribution >= 4 is 28.5 Å². The lowest BCUT2D eigenvalue weighted by Gasteiger charge is -2.19. The molecule has 2 aromatic carbocycles. The molecule has 0 radical (unpaired) electrons. The van der Waals surface area contributed by atoms with Crippen LogP contribution in [0.3, 0.4) is 0 Å². The van der Waals surface area contributed by atoms with Gasteiger partial charge in [-0.05, 0) is 24.3 Å². The Hall–Kier alpha value is -3.61. The molecule has 1 aliphatic rings. The van der Waals surface area contributed by atoms with Crippen molar-refractivity contribution in [3.05, 3.63) is 60.3 Å². The van der Waals surface area contributed by atoms with Crippen molar-refractivity contribution in [2.45, 2.75) is 0 Å². The molecular formula is C20H16N2O5. The van der Waals surface area contributed by atoms with E-state index in [9.17, 15) is 9.59 Å². The van der Waals surface area contributed by atoms with Crippen molar-refractivity contribution in [2.75, 3.05) is 25.1 Å². The number of ether oxygens (including phenoxy) is 3. The predicted molar refractivity (Wildman–Crippen MR) is 98.1 cm³/mol. The van der Waals surface area contributed by atoms with Crippen LogP contribution in [0.15, 0.2) is 54.6 Å². The van der Waals surface area contributed by atoms with Gasteiger partial charge in [-0.3, -0.25) is 4.79 Å². The van der Waals surface area contributed by atoms with Crippen LogP contribution >= 0.6 is 0 Å². The van der Waals surface area contributed by atoms with Crippen molar-refractivity contribution in [2.24, 2.45) is 0 Å². The zero-order valence-corrected chi connectivity index (χ0v) is 14.3. The second kappa shape index (κ2) is 7.33. The van der Waals surface area contributed by atoms with Gasteiger partial charge in [-0.1, -0.05) is 24.3 Å². The molecule has 0 aliphatic carbocycles. The second-order valence-electron chi connectivity index (χ2n) is 5.87. The highest BCUT2D eigenvalue weighted by atomic mass is 16.6. The van der Waals surface area contributed by atoms with E-state index >= 15 is 0 Å². The largest absolute Gasteiger partial charge is 0.486 e. The molecule has 4 rings (SSSR count). The average molecular weight is 364 g/mol. The predicted octanol–water partition coefficient (Wildman–Crippen LogP) is 2.80. The number of para-hydroxylation sites is 1.